The number of aromatic nitrogens is 4. The number of rotatable bonds is 8. The summed E-state index contributed by atoms with van der Waals surface area (Å²) in [6, 6.07) is 8.37. The number of hydrogen-bond acceptors (Lipinski definition) is 7. The Hall–Kier alpha value is -3.60. The van der Waals surface area contributed by atoms with Gasteiger partial charge in [0.15, 0.2) is 5.65 Å². The van der Waals surface area contributed by atoms with E-state index in [1.165, 1.54) is 12.0 Å². The summed E-state index contributed by atoms with van der Waals surface area (Å²) in [4.78, 5) is 43.9. The maximum atomic E-state index is 13.2. The van der Waals surface area contributed by atoms with Crippen LogP contribution in [0.5, 0.6) is 0 Å². The standard InChI is InChI=1S/C23H22Cl2N6O4/c1-30(6-7-32)19(33)10-14-9-15(12-26-14)28-23-27-11-13-8-16(20-17(24)4-3-5-18(20)25)22(34)31(35-2)21(13)29-23/h3-5,8-9,11-12,26,32H,6-7,10H2,1-2H3,(H,27,28,29). The highest BCUT2D eigenvalue weighted by molar-refractivity contribution is 6.39. The number of pyridine rings is 1. The van der Waals surface area contributed by atoms with Crippen molar-refractivity contribution in [1.29, 1.82) is 0 Å². The molecule has 182 valence electrons. The lowest BCUT2D eigenvalue weighted by Gasteiger charge is -2.14. The van der Waals surface area contributed by atoms with Crippen LogP contribution in [0.2, 0.25) is 10.0 Å². The summed E-state index contributed by atoms with van der Waals surface area (Å²) in [5.74, 6) is 0.0912. The summed E-state index contributed by atoms with van der Waals surface area (Å²) in [5.41, 5.74) is 1.73. The minimum Gasteiger partial charge on any atom is -0.412 e. The summed E-state index contributed by atoms with van der Waals surface area (Å²) >= 11 is 12.6. The van der Waals surface area contributed by atoms with Gasteiger partial charge in [0.05, 0.1) is 34.3 Å². The van der Waals surface area contributed by atoms with Crippen LogP contribution in [0.3, 0.4) is 0 Å². The van der Waals surface area contributed by atoms with Gasteiger partial charge in [0, 0.05) is 42.6 Å². The molecule has 1 amide bonds. The molecular weight excluding hydrogens is 495 g/mol. The molecule has 0 atom stereocenters. The fraction of sp³-hybridized carbons (Fsp3) is 0.217. The molecule has 3 aromatic heterocycles. The van der Waals surface area contributed by atoms with E-state index in [-0.39, 0.29) is 42.6 Å². The molecule has 0 radical (unpaired) electrons. The van der Waals surface area contributed by atoms with E-state index >= 15 is 0 Å². The summed E-state index contributed by atoms with van der Waals surface area (Å²) in [5, 5.41) is 13.2. The van der Waals surface area contributed by atoms with Gasteiger partial charge in [-0.15, -0.1) is 4.73 Å². The van der Waals surface area contributed by atoms with Gasteiger partial charge in [0.25, 0.3) is 5.56 Å². The molecule has 0 fully saturated rings. The minimum atomic E-state index is -0.478. The Kier molecular flexibility index (Phi) is 7.25. The van der Waals surface area contributed by atoms with Crippen molar-refractivity contribution >= 4 is 51.8 Å². The number of carbonyl (C=O) groups excluding carboxylic acids is 1. The molecule has 10 nitrogen and oxygen atoms in total. The smallest absolute Gasteiger partial charge is 0.293 e. The highest BCUT2D eigenvalue weighted by Crippen LogP contribution is 2.33. The Balaban J connectivity index is 1.64. The number of likely N-dealkylation sites (N-methyl/N-ethyl adjacent to an activating group) is 1. The highest BCUT2D eigenvalue weighted by atomic mass is 35.5. The van der Waals surface area contributed by atoms with E-state index < -0.39 is 5.56 Å². The van der Waals surface area contributed by atoms with Crippen LogP contribution in [0.1, 0.15) is 5.69 Å². The third-order valence-electron chi connectivity index (χ3n) is 5.32. The lowest BCUT2D eigenvalue weighted by atomic mass is 10.1. The van der Waals surface area contributed by atoms with Gasteiger partial charge in [-0.2, -0.15) is 4.98 Å². The molecule has 0 aliphatic heterocycles. The van der Waals surface area contributed by atoms with Crippen molar-refractivity contribution in [2.75, 3.05) is 32.6 Å². The van der Waals surface area contributed by atoms with Crippen molar-refractivity contribution in [2.24, 2.45) is 0 Å². The second kappa shape index (κ2) is 10.3. The molecule has 0 spiro atoms. The molecule has 3 N–H and O–H groups in total. The van der Waals surface area contributed by atoms with E-state index in [1.54, 1.807) is 49.8 Å². The molecule has 4 aromatic rings. The molecule has 3 heterocycles. The molecule has 35 heavy (non-hydrogen) atoms. The lowest BCUT2D eigenvalue weighted by molar-refractivity contribution is -0.129. The maximum Gasteiger partial charge on any atom is 0.293 e. The van der Waals surface area contributed by atoms with E-state index in [4.69, 9.17) is 33.1 Å². The molecule has 0 unspecified atom stereocenters. The number of aromatic amines is 1. The molecule has 0 saturated carbocycles. The summed E-state index contributed by atoms with van der Waals surface area (Å²) in [7, 11) is 2.99. The van der Waals surface area contributed by atoms with Crippen LogP contribution in [0.15, 0.2) is 47.5 Å². The largest absolute Gasteiger partial charge is 0.412 e. The number of carbonyl (C=O) groups is 1. The zero-order valence-corrected chi connectivity index (χ0v) is 20.4. The summed E-state index contributed by atoms with van der Waals surface area (Å²) < 4.78 is 1.05. The molecule has 4 rings (SSSR count). The van der Waals surface area contributed by atoms with E-state index in [1.807, 2.05) is 0 Å². The first-order valence-corrected chi connectivity index (χ1v) is 11.3. The van der Waals surface area contributed by atoms with Crippen LogP contribution >= 0.6 is 23.2 Å². The quantitative estimate of drug-likeness (QED) is 0.328. The van der Waals surface area contributed by atoms with Crippen LogP contribution in [0.4, 0.5) is 11.6 Å². The van der Waals surface area contributed by atoms with Gasteiger partial charge in [-0.3, -0.25) is 9.59 Å². The average molecular weight is 517 g/mol. The maximum absolute atomic E-state index is 13.2. The third-order valence-corrected chi connectivity index (χ3v) is 5.95. The molecule has 1 aromatic carbocycles. The zero-order valence-electron chi connectivity index (χ0n) is 18.9. The molecule has 0 saturated heterocycles. The zero-order chi connectivity index (χ0) is 25.1. The van der Waals surface area contributed by atoms with Gasteiger partial charge < -0.3 is 25.1 Å². The van der Waals surface area contributed by atoms with Gasteiger partial charge in [-0.1, -0.05) is 29.3 Å². The van der Waals surface area contributed by atoms with Gasteiger partial charge in [0.2, 0.25) is 11.9 Å². The number of fused-ring (bicyclic) bond motifs is 1. The lowest BCUT2D eigenvalue weighted by Crippen LogP contribution is -2.30. The second-order valence-corrected chi connectivity index (χ2v) is 8.48. The van der Waals surface area contributed by atoms with E-state index in [0.29, 0.717) is 32.4 Å². The van der Waals surface area contributed by atoms with Crippen molar-refractivity contribution in [3.8, 4) is 11.1 Å². The first kappa shape index (κ1) is 24.5. The van der Waals surface area contributed by atoms with Gasteiger partial charge in [0.1, 0.15) is 7.11 Å². The van der Waals surface area contributed by atoms with Crippen molar-refractivity contribution < 1.29 is 14.7 Å². The monoisotopic (exact) mass is 516 g/mol. The summed E-state index contributed by atoms with van der Waals surface area (Å²) in [6.45, 7) is 0.166. The second-order valence-electron chi connectivity index (χ2n) is 7.66. The fourth-order valence-electron chi connectivity index (χ4n) is 3.55. The average Bonchev–Trinajstić information content (AvgIpc) is 3.26. The van der Waals surface area contributed by atoms with Crippen molar-refractivity contribution in [2.45, 2.75) is 6.42 Å². The molecule has 0 aliphatic carbocycles. The van der Waals surface area contributed by atoms with E-state index in [9.17, 15) is 9.59 Å². The van der Waals surface area contributed by atoms with Gasteiger partial charge >= 0.3 is 0 Å². The van der Waals surface area contributed by atoms with Crippen LogP contribution in [-0.2, 0) is 11.2 Å². The molecule has 0 aliphatic rings. The van der Waals surface area contributed by atoms with Crippen molar-refractivity contribution in [3.05, 3.63) is 68.8 Å². The number of halogens is 2. The number of aliphatic hydroxyl groups is 1. The summed E-state index contributed by atoms with van der Waals surface area (Å²) in [6.07, 6.45) is 3.37. The van der Waals surface area contributed by atoms with Crippen molar-refractivity contribution in [1.82, 2.24) is 24.6 Å². The minimum absolute atomic E-state index is 0.0987. The predicted octanol–water partition coefficient (Wildman–Crippen LogP) is 2.89. The highest BCUT2D eigenvalue weighted by Gasteiger charge is 2.18. The van der Waals surface area contributed by atoms with E-state index in [0.717, 1.165) is 4.73 Å². The Morgan fingerprint density at radius 1 is 1.29 bits per heavy atom. The number of nitrogens with one attached hydrogen (secondary N) is 2. The Labute approximate surface area is 210 Å². The first-order chi connectivity index (χ1) is 16.8. The third kappa shape index (κ3) is 5.09. The van der Waals surface area contributed by atoms with Crippen LogP contribution in [0.25, 0.3) is 22.2 Å². The normalized spacial score (nSPS) is 11.0. The number of aliphatic hydroxyl groups excluding tert-OH is 1. The van der Waals surface area contributed by atoms with Crippen LogP contribution < -0.4 is 15.7 Å². The molecular formula is C23H22Cl2N6O4. The number of amides is 1. The predicted molar refractivity (Wildman–Crippen MR) is 134 cm³/mol. The molecule has 12 heteroatoms. The first-order valence-electron chi connectivity index (χ1n) is 10.5. The number of H-pyrrole nitrogens is 1. The number of nitrogens with zero attached hydrogens (tertiary/aromatic N) is 4. The van der Waals surface area contributed by atoms with Gasteiger partial charge in [-0.05, 0) is 24.3 Å². The number of hydrogen-bond donors (Lipinski definition) is 3. The SMILES string of the molecule is COn1c(=O)c(-c2c(Cl)cccc2Cl)cc2cnc(Nc3c[nH]c(CC(=O)N(C)CCO)c3)nc21. The van der Waals surface area contributed by atoms with Crippen LogP contribution in [0, 0.1) is 0 Å². The van der Waals surface area contributed by atoms with E-state index in [2.05, 4.69) is 20.3 Å². The fourth-order valence-corrected chi connectivity index (χ4v) is 4.15. The van der Waals surface area contributed by atoms with Crippen LogP contribution in [-0.4, -0.2) is 62.9 Å². The number of benzene rings is 1. The van der Waals surface area contributed by atoms with Crippen molar-refractivity contribution in [3.63, 3.8) is 0 Å². The Bertz CT molecular complexity index is 1430. The Morgan fingerprint density at radius 2 is 2.03 bits per heavy atom. The number of anilines is 2. The molecule has 0 bridgehead atoms. The topological polar surface area (TPSA) is 125 Å². The Morgan fingerprint density at radius 3 is 2.71 bits per heavy atom. The van der Waals surface area contributed by atoms with Gasteiger partial charge in [-0.25, -0.2) is 4.98 Å².